The summed E-state index contributed by atoms with van der Waals surface area (Å²) in [7, 11) is 1.34. The maximum Gasteiger partial charge on any atom is 0.354 e. The van der Waals surface area contributed by atoms with Gasteiger partial charge in [0, 0.05) is 17.8 Å². The molecule has 1 aromatic heterocycles. The summed E-state index contributed by atoms with van der Waals surface area (Å²) in [6.07, 6.45) is 0. The third-order valence-corrected chi connectivity index (χ3v) is 2.30. The Kier molecular flexibility index (Phi) is 4.09. The van der Waals surface area contributed by atoms with E-state index >= 15 is 0 Å². The smallest absolute Gasteiger partial charge is 0.354 e. The summed E-state index contributed by atoms with van der Waals surface area (Å²) in [5, 5.41) is 12.2. The fourth-order valence-electron chi connectivity index (χ4n) is 1.16. The normalized spacial score (nSPS) is 11.5. The first-order valence-electron chi connectivity index (χ1n) is 5.10. The number of hydrogen-bond donors (Lipinski definition) is 3. The highest BCUT2D eigenvalue weighted by Crippen LogP contribution is 2.06. The number of rotatable bonds is 5. The molecule has 3 N–H and O–H groups in total. The zero-order valence-corrected chi connectivity index (χ0v) is 9.83. The van der Waals surface area contributed by atoms with Crippen molar-refractivity contribution in [2.75, 3.05) is 13.7 Å². The van der Waals surface area contributed by atoms with Gasteiger partial charge in [0.15, 0.2) is 0 Å². The minimum atomic E-state index is -0.382. The molecule has 1 rings (SSSR count). The molecule has 0 saturated heterocycles. The number of esters is 1. The van der Waals surface area contributed by atoms with Gasteiger partial charge in [-0.15, -0.1) is 0 Å². The summed E-state index contributed by atoms with van der Waals surface area (Å²) in [5.41, 5.74) is 0.972. The molecule has 0 radical (unpaired) electrons. The number of carbonyl (C=O) groups is 1. The van der Waals surface area contributed by atoms with E-state index in [9.17, 15) is 4.79 Å². The molecular formula is C11H18N2O3. The van der Waals surface area contributed by atoms with Gasteiger partial charge in [-0.25, -0.2) is 4.79 Å². The molecule has 0 spiro atoms. The van der Waals surface area contributed by atoms with Gasteiger partial charge in [0.1, 0.15) is 5.69 Å². The highest BCUT2D eigenvalue weighted by Gasteiger charge is 2.15. The Morgan fingerprint density at radius 1 is 1.56 bits per heavy atom. The van der Waals surface area contributed by atoms with E-state index < -0.39 is 0 Å². The van der Waals surface area contributed by atoms with Crippen molar-refractivity contribution in [3.63, 3.8) is 0 Å². The van der Waals surface area contributed by atoms with Crippen LogP contribution in [-0.4, -0.2) is 35.3 Å². The lowest BCUT2D eigenvalue weighted by Gasteiger charge is -2.23. The molecule has 90 valence electrons. The minimum absolute atomic E-state index is 0.0531. The molecule has 0 amide bonds. The quantitative estimate of drug-likeness (QED) is 0.645. The third-order valence-electron chi connectivity index (χ3n) is 2.30. The van der Waals surface area contributed by atoms with Gasteiger partial charge in [0.2, 0.25) is 0 Å². The predicted molar refractivity (Wildman–Crippen MR) is 60.1 cm³/mol. The second kappa shape index (κ2) is 5.14. The number of carbonyl (C=O) groups excluding carboxylic acids is 1. The molecule has 0 fully saturated rings. The van der Waals surface area contributed by atoms with Crippen LogP contribution in [0.25, 0.3) is 0 Å². The van der Waals surface area contributed by atoms with Gasteiger partial charge in [0.25, 0.3) is 0 Å². The number of aromatic amines is 1. The lowest BCUT2D eigenvalue weighted by Crippen LogP contribution is -2.42. The van der Waals surface area contributed by atoms with Crippen molar-refractivity contribution >= 4 is 5.97 Å². The highest BCUT2D eigenvalue weighted by atomic mass is 16.5. The van der Waals surface area contributed by atoms with Crippen LogP contribution >= 0.6 is 0 Å². The minimum Gasteiger partial charge on any atom is -0.464 e. The van der Waals surface area contributed by atoms with Crippen LogP contribution in [0.5, 0.6) is 0 Å². The zero-order chi connectivity index (χ0) is 12.2. The number of aromatic nitrogens is 1. The van der Waals surface area contributed by atoms with E-state index in [1.165, 1.54) is 7.11 Å². The van der Waals surface area contributed by atoms with E-state index in [-0.39, 0.29) is 18.1 Å². The molecule has 5 heteroatoms. The molecule has 0 aliphatic heterocycles. The van der Waals surface area contributed by atoms with Crippen molar-refractivity contribution in [3.8, 4) is 0 Å². The molecule has 0 saturated carbocycles. The molecule has 0 atom stereocenters. The molecule has 0 bridgehead atoms. The number of hydrogen-bond acceptors (Lipinski definition) is 4. The van der Waals surface area contributed by atoms with Gasteiger partial charge in [0.05, 0.1) is 13.7 Å². The number of aliphatic hydroxyl groups is 1. The molecule has 0 aliphatic carbocycles. The largest absolute Gasteiger partial charge is 0.464 e. The maximum absolute atomic E-state index is 11.2. The van der Waals surface area contributed by atoms with Crippen LogP contribution in [0.2, 0.25) is 0 Å². The first-order valence-corrected chi connectivity index (χ1v) is 5.10. The number of aliphatic hydroxyl groups excluding tert-OH is 1. The standard InChI is InChI=1S/C11H18N2O3/c1-11(2,7-14)12-6-8-4-5-9(13-8)10(15)16-3/h4-5,12-14H,6-7H2,1-3H3. The third kappa shape index (κ3) is 3.36. The van der Waals surface area contributed by atoms with Crippen LogP contribution < -0.4 is 5.32 Å². The van der Waals surface area contributed by atoms with Crippen molar-refractivity contribution in [3.05, 3.63) is 23.5 Å². The van der Waals surface area contributed by atoms with Gasteiger partial charge in [-0.3, -0.25) is 0 Å². The molecule has 0 unspecified atom stereocenters. The second-order valence-electron chi connectivity index (χ2n) is 4.28. The van der Waals surface area contributed by atoms with Crippen LogP contribution in [0.1, 0.15) is 30.0 Å². The Morgan fingerprint density at radius 3 is 2.81 bits per heavy atom. The summed E-state index contributed by atoms with van der Waals surface area (Å²) >= 11 is 0. The van der Waals surface area contributed by atoms with Crippen molar-refractivity contribution in [1.29, 1.82) is 0 Å². The summed E-state index contributed by atoms with van der Waals surface area (Å²) in [4.78, 5) is 14.1. The van der Waals surface area contributed by atoms with Crippen molar-refractivity contribution in [2.24, 2.45) is 0 Å². The molecule has 5 nitrogen and oxygen atoms in total. The summed E-state index contributed by atoms with van der Waals surface area (Å²) < 4.78 is 4.59. The Labute approximate surface area is 94.8 Å². The number of nitrogens with one attached hydrogen (secondary N) is 2. The Balaban J connectivity index is 2.56. The molecule has 1 heterocycles. The first kappa shape index (κ1) is 12.7. The number of H-pyrrole nitrogens is 1. The average molecular weight is 226 g/mol. The summed E-state index contributed by atoms with van der Waals surface area (Å²) in [6, 6.07) is 3.49. The zero-order valence-electron chi connectivity index (χ0n) is 9.83. The van der Waals surface area contributed by atoms with E-state index in [0.29, 0.717) is 12.2 Å². The Hall–Kier alpha value is -1.33. The Bertz CT molecular complexity index is 358. The molecule has 1 aromatic rings. The van der Waals surface area contributed by atoms with Gasteiger partial charge >= 0.3 is 5.97 Å². The molecular weight excluding hydrogens is 208 g/mol. The summed E-state index contributed by atoms with van der Waals surface area (Å²) in [6.45, 7) is 4.41. The predicted octanol–water partition coefficient (Wildman–Crippen LogP) is 0.662. The van der Waals surface area contributed by atoms with Gasteiger partial charge in [-0.05, 0) is 26.0 Å². The topological polar surface area (TPSA) is 74.3 Å². The fourth-order valence-corrected chi connectivity index (χ4v) is 1.16. The van der Waals surface area contributed by atoms with Gasteiger partial charge in [-0.2, -0.15) is 0 Å². The SMILES string of the molecule is COC(=O)c1ccc(CNC(C)(C)CO)[nH]1. The van der Waals surface area contributed by atoms with Crippen LogP contribution in [-0.2, 0) is 11.3 Å². The van der Waals surface area contributed by atoms with E-state index in [4.69, 9.17) is 5.11 Å². The monoisotopic (exact) mass is 226 g/mol. The van der Waals surface area contributed by atoms with Crippen molar-refractivity contribution < 1.29 is 14.6 Å². The molecule has 0 aromatic carbocycles. The highest BCUT2D eigenvalue weighted by molar-refractivity contribution is 5.87. The molecule has 0 aliphatic rings. The number of ether oxygens (including phenoxy) is 1. The number of methoxy groups -OCH3 is 1. The second-order valence-corrected chi connectivity index (χ2v) is 4.28. The lowest BCUT2D eigenvalue weighted by molar-refractivity contribution is 0.0594. The van der Waals surface area contributed by atoms with Crippen LogP contribution in [0, 0.1) is 0 Å². The Morgan fingerprint density at radius 2 is 2.25 bits per heavy atom. The first-order chi connectivity index (χ1) is 7.48. The van der Waals surface area contributed by atoms with Crippen molar-refractivity contribution in [2.45, 2.75) is 25.9 Å². The summed E-state index contributed by atoms with van der Waals surface area (Å²) in [5.74, 6) is -0.382. The van der Waals surface area contributed by atoms with E-state index in [0.717, 1.165) is 5.69 Å². The maximum atomic E-state index is 11.2. The van der Waals surface area contributed by atoms with E-state index in [2.05, 4.69) is 15.0 Å². The lowest BCUT2D eigenvalue weighted by atomic mass is 10.1. The van der Waals surface area contributed by atoms with Gasteiger partial charge in [-0.1, -0.05) is 0 Å². The van der Waals surface area contributed by atoms with Crippen LogP contribution in [0.15, 0.2) is 12.1 Å². The van der Waals surface area contributed by atoms with Crippen LogP contribution in [0.3, 0.4) is 0 Å². The van der Waals surface area contributed by atoms with E-state index in [1.54, 1.807) is 6.07 Å². The molecule has 16 heavy (non-hydrogen) atoms. The van der Waals surface area contributed by atoms with Crippen LogP contribution in [0.4, 0.5) is 0 Å². The van der Waals surface area contributed by atoms with Gasteiger partial charge < -0.3 is 20.1 Å². The van der Waals surface area contributed by atoms with Crippen molar-refractivity contribution in [1.82, 2.24) is 10.3 Å². The fraction of sp³-hybridized carbons (Fsp3) is 0.545. The van der Waals surface area contributed by atoms with E-state index in [1.807, 2.05) is 19.9 Å². The average Bonchev–Trinajstić information content (AvgIpc) is 2.74.